The van der Waals surface area contributed by atoms with Crippen LogP contribution in [-0.4, -0.2) is 5.11 Å². The average Bonchev–Trinajstić information content (AvgIpc) is 2.41. The van der Waals surface area contributed by atoms with Crippen molar-refractivity contribution in [1.82, 2.24) is 0 Å². The molecule has 0 amide bonds. The van der Waals surface area contributed by atoms with Gasteiger partial charge in [-0.2, -0.15) is 0 Å². The van der Waals surface area contributed by atoms with E-state index in [0.29, 0.717) is 5.92 Å². The number of benzene rings is 2. The first-order valence-electron chi connectivity index (χ1n) is 6.69. The lowest BCUT2D eigenvalue weighted by molar-refractivity contribution is 0.281. The zero-order valence-corrected chi connectivity index (χ0v) is 13.6. The monoisotopic (exact) mass is 334 g/mol. The third-order valence-corrected chi connectivity index (χ3v) is 4.04. The Hall–Kier alpha value is -1.32. The smallest absolute Gasteiger partial charge is 0.130 e. The zero-order valence-electron chi connectivity index (χ0n) is 12.0. The minimum absolute atomic E-state index is 0.0166. The van der Waals surface area contributed by atoms with Crippen molar-refractivity contribution < 1.29 is 9.84 Å². The number of aliphatic hydroxyl groups is 1. The highest BCUT2D eigenvalue weighted by atomic mass is 79.9. The Labute approximate surface area is 128 Å². The summed E-state index contributed by atoms with van der Waals surface area (Å²) in [6.45, 7) is 6.39. The molecule has 0 atom stereocenters. The molecule has 0 fully saturated rings. The second kappa shape index (κ2) is 6.42. The van der Waals surface area contributed by atoms with Crippen LogP contribution in [0, 0.1) is 6.92 Å². The van der Waals surface area contributed by atoms with Crippen LogP contribution in [0.5, 0.6) is 11.5 Å². The van der Waals surface area contributed by atoms with Gasteiger partial charge in [0.25, 0.3) is 0 Å². The van der Waals surface area contributed by atoms with Gasteiger partial charge < -0.3 is 9.84 Å². The van der Waals surface area contributed by atoms with Crippen molar-refractivity contribution in [3.05, 3.63) is 57.6 Å². The number of ether oxygens (including phenoxy) is 1. The predicted octanol–water partition coefficient (Wildman–Crippen LogP) is 5.17. The van der Waals surface area contributed by atoms with E-state index in [1.165, 1.54) is 5.56 Å². The lowest BCUT2D eigenvalue weighted by Crippen LogP contribution is -1.93. The lowest BCUT2D eigenvalue weighted by atomic mass is 10.0. The third kappa shape index (κ3) is 3.41. The number of halogens is 1. The zero-order chi connectivity index (χ0) is 14.7. The van der Waals surface area contributed by atoms with Crippen LogP contribution >= 0.6 is 15.9 Å². The Kier molecular flexibility index (Phi) is 4.84. The highest BCUT2D eigenvalue weighted by Gasteiger charge is 2.07. The van der Waals surface area contributed by atoms with Gasteiger partial charge in [0, 0.05) is 4.47 Å². The number of aryl methyl sites for hydroxylation is 1. The number of hydrogen-bond acceptors (Lipinski definition) is 2. The molecule has 106 valence electrons. The summed E-state index contributed by atoms with van der Waals surface area (Å²) < 4.78 is 6.83. The number of rotatable bonds is 4. The molecule has 0 saturated carbocycles. The molecule has 2 aromatic carbocycles. The van der Waals surface area contributed by atoms with E-state index in [4.69, 9.17) is 9.84 Å². The van der Waals surface area contributed by atoms with Gasteiger partial charge in [0.1, 0.15) is 11.5 Å². The van der Waals surface area contributed by atoms with Crippen LogP contribution in [0.4, 0.5) is 0 Å². The van der Waals surface area contributed by atoms with Crippen molar-refractivity contribution in [2.75, 3.05) is 0 Å². The molecular formula is C17H19BrO2. The van der Waals surface area contributed by atoms with Gasteiger partial charge in [0.2, 0.25) is 0 Å². The second-order valence-corrected chi connectivity index (χ2v) is 6.05. The summed E-state index contributed by atoms with van der Waals surface area (Å²) in [5.74, 6) is 2.11. The molecule has 0 aliphatic carbocycles. The summed E-state index contributed by atoms with van der Waals surface area (Å²) in [5, 5.41) is 9.17. The first-order valence-corrected chi connectivity index (χ1v) is 7.48. The Morgan fingerprint density at radius 1 is 1.15 bits per heavy atom. The second-order valence-electron chi connectivity index (χ2n) is 5.19. The van der Waals surface area contributed by atoms with Crippen LogP contribution in [0.15, 0.2) is 40.9 Å². The van der Waals surface area contributed by atoms with Gasteiger partial charge in [-0.3, -0.25) is 0 Å². The fourth-order valence-electron chi connectivity index (χ4n) is 1.93. The van der Waals surface area contributed by atoms with Crippen LogP contribution < -0.4 is 4.74 Å². The molecule has 0 heterocycles. The minimum atomic E-state index is 0.0166. The molecule has 2 aromatic rings. The van der Waals surface area contributed by atoms with Crippen molar-refractivity contribution in [1.29, 1.82) is 0 Å². The van der Waals surface area contributed by atoms with Crippen LogP contribution in [0.3, 0.4) is 0 Å². The molecule has 0 bridgehead atoms. The number of hydrogen-bond donors (Lipinski definition) is 1. The molecular weight excluding hydrogens is 316 g/mol. The maximum Gasteiger partial charge on any atom is 0.130 e. The maximum atomic E-state index is 9.17. The summed E-state index contributed by atoms with van der Waals surface area (Å²) in [6.07, 6.45) is 0. The lowest BCUT2D eigenvalue weighted by Gasteiger charge is -2.13. The first kappa shape index (κ1) is 15.1. The molecule has 20 heavy (non-hydrogen) atoms. The van der Waals surface area contributed by atoms with Gasteiger partial charge in [0.05, 0.1) is 6.61 Å². The number of aliphatic hydroxyl groups excluding tert-OH is 1. The van der Waals surface area contributed by atoms with Crippen molar-refractivity contribution >= 4 is 15.9 Å². The summed E-state index contributed by atoms with van der Waals surface area (Å²) in [5.41, 5.74) is 3.22. The molecule has 2 rings (SSSR count). The predicted molar refractivity (Wildman–Crippen MR) is 85.4 cm³/mol. The van der Waals surface area contributed by atoms with E-state index in [1.807, 2.05) is 25.1 Å². The topological polar surface area (TPSA) is 29.5 Å². The average molecular weight is 335 g/mol. The van der Waals surface area contributed by atoms with Crippen molar-refractivity contribution in [3.8, 4) is 11.5 Å². The van der Waals surface area contributed by atoms with Gasteiger partial charge in [0.15, 0.2) is 0 Å². The molecule has 0 radical (unpaired) electrons. The van der Waals surface area contributed by atoms with Crippen molar-refractivity contribution in [2.45, 2.75) is 33.3 Å². The Bertz CT molecular complexity index is 606. The van der Waals surface area contributed by atoms with E-state index < -0.39 is 0 Å². The molecule has 0 aromatic heterocycles. The molecule has 0 saturated heterocycles. The van der Waals surface area contributed by atoms with Crippen LogP contribution in [0.1, 0.15) is 36.5 Å². The van der Waals surface area contributed by atoms with Gasteiger partial charge in [-0.1, -0.05) is 48.0 Å². The van der Waals surface area contributed by atoms with E-state index in [2.05, 4.69) is 48.0 Å². The SMILES string of the molecule is Cc1ccc(C(C)C)cc1Oc1ccc(CO)c(Br)c1. The van der Waals surface area contributed by atoms with E-state index in [0.717, 1.165) is 27.1 Å². The van der Waals surface area contributed by atoms with E-state index in [-0.39, 0.29) is 6.61 Å². The molecule has 0 aliphatic heterocycles. The fraction of sp³-hybridized carbons (Fsp3) is 0.294. The maximum absolute atomic E-state index is 9.17. The quantitative estimate of drug-likeness (QED) is 0.836. The summed E-state index contributed by atoms with van der Waals surface area (Å²) in [4.78, 5) is 0. The summed E-state index contributed by atoms with van der Waals surface area (Å²) in [6, 6.07) is 11.9. The van der Waals surface area contributed by atoms with Crippen LogP contribution in [0.25, 0.3) is 0 Å². The highest BCUT2D eigenvalue weighted by Crippen LogP contribution is 2.31. The molecule has 2 nitrogen and oxygen atoms in total. The van der Waals surface area contributed by atoms with E-state index in [9.17, 15) is 0 Å². The largest absolute Gasteiger partial charge is 0.457 e. The Morgan fingerprint density at radius 2 is 1.90 bits per heavy atom. The fourth-order valence-corrected chi connectivity index (χ4v) is 2.42. The molecule has 0 aliphatic rings. The van der Waals surface area contributed by atoms with Crippen LogP contribution in [0.2, 0.25) is 0 Å². The molecule has 0 unspecified atom stereocenters. The summed E-state index contributed by atoms with van der Waals surface area (Å²) >= 11 is 3.44. The Morgan fingerprint density at radius 3 is 2.50 bits per heavy atom. The van der Waals surface area contributed by atoms with Gasteiger partial charge >= 0.3 is 0 Å². The minimum Gasteiger partial charge on any atom is -0.457 e. The van der Waals surface area contributed by atoms with Gasteiger partial charge in [-0.15, -0.1) is 0 Å². The van der Waals surface area contributed by atoms with E-state index >= 15 is 0 Å². The highest BCUT2D eigenvalue weighted by molar-refractivity contribution is 9.10. The molecule has 0 spiro atoms. The van der Waals surface area contributed by atoms with Gasteiger partial charge in [-0.05, 0) is 47.7 Å². The van der Waals surface area contributed by atoms with E-state index in [1.54, 1.807) is 0 Å². The standard InChI is InChI=1S/C17H19BrO2/c1-11(2)13-5-4-12(3)17(8-13)20-15-7-6-14(10-19)16(18)9-15/h4-9,11,19H,10H2,1-3H3. The first-order chi connectivity index (χ1) is 9.51. The van der Waals surface area contributed by atoms with Crippen molar-refractivity contribution in [3.63, 3.8) is 0 Å². The van der Waals surface area contributed by atoms with Crippen LogP contribution in [-0.2, 0) is 6.61 Å². The van der Waals surface area contributed by atoms with Gasteiger partial charge in [-0.25, -0.2) is 0 Å². The normalized spacial score (nSPS) is 10.9. The third-order valence-electron chi connectivity index (χ3n) is 3.30. The Balaban J connectivity index is 2.29. The van der Waals surface area contributed by atoms with Crippen molar-refractivity contribution in [2.24, 2.45) is 0 Å². The molecule has 1 N–H and O–H groups in total. The summed E-state index contributed by atoms with van der Waals surface area (Å²) in [7, 11) is 0. The molecule has 3 heteroatoms.